The molecule has 10 heteroatoms. The molecule has 2 aromatic carbocycles. The van der Waals surface area contributed by atoms with Crippen LogP contribution in [0.15, 0.2) is 36.4 Å². The highest BCUT2D eigenvalue weighted by Crippen LogP contribution is 2.27. The van der Waals surface area contributed by atoms with Crippen LogP contribution in [-0.4, -0.2) is 50.0 Å². The third-order valence-corrected chi connectivity index (χ3v) is 8.51. The van der Waals surface area contributed by atoms with Crippen molar-refractivity contribution in [3.63, 3.8) is 0 Å². The Hall–Kier alpha value is -2.29. The van der Waals surface area contributed by atoms with Gasteiger partial charge in [-0.25, -0.2) is 8.42 Å². The molecule has 2 amide bonds. The van der Waals surface area contributed by atoms with Gasteiger partial charge in [0.25, 0.3) is 0 Å². The number of hydrogen-bond donors (Lipinski definition) is 1. The molecule has 1 N–H and O–H groups in total. The van der Waals surface area contributed by atoms with Crippen molar-refractivity contribution >= 4 is 50.7 Å². The average Bonchev–Trinajstić information content (AvgIpc) is 2.84. The van der Waals surface area contributed by atoms with Gasteiger partial charge in [0.05, 0.1) is 11.9 Å². The molecule has 0 radical (unpaired) electrons. The quantitative estimate of drug-likeness (QED) is 0.319. The molecule has 2 rings (SSSR count). The number of sulfonamides is 1. The molecular formula is C28H39Cl2N3O4S. The Bertz CT molecular complexity index is 1240. The second kappa shape index (κ2) is 14.2. The SMILES string of the molecule is CC[C@@H](C)NC(=O)[C@@H](CC)N(Cc1ccc(Cl)cc1Cl)C(=O)CCCN(c1cccc(C)c1C)S(C)(=O)=O. The smallest absolute Gasteiger partial charge is 0.243 e. The van der Waals surface area contributed by atoms with E-state index in [-0.39, 0.29) is 43.8 Å². The summed E-state index contributed by atoms with van der Waals surface area (Å²) < 4.78 is 26.6. The van der Waals surface area contributed by atoms with Crippen molar-refractivity contribution in [2.45, 2.75) is 78.9 Å². The number of nitrogens with one attached hydrogen (secondary N) is 1. The van der Waals surface area contributed by atoms with Crippen LogP contribution in [0.25, 0.3) is 0 Å². The van der Waals surface area contributed by atoms with E-state index in [4.69, 9.17) is 23.2 Å². The zero-order valence-corrected chi connectivity index (χ0v) is 25.4. The molecule has 0 bridgehead atoms. The number of carbonyl (C=O) groups excluding carboxylic acids is 2. The number of carbonyl (C=O) groups is 2. The Morgan fingerprint density at radius 2 is 1.74 bits per heavy atom. The molecule has 0 unspecified atom stereocenters. The summed E-state index contributed by atoms with van der Waals surface area (Å²) in [7, 11) is -3.57. The highest BCUT2D eigenvalue weighted by molar-refractivity contribution is 7.92. The van der Waals surface area contributed by atoms with Crippen molar-refractivity contribution in [1.29, 1.82) is 0 Å². The third kappa shape index (κ3) is 8.61. The van der Waals surface area contributed by atoms with Crippen LogP contribution in [0.4, 0.5) is 5.69 Å². The van der Waals surface area contributed by atoms with Crippen LogP contribution >= 0.6 is 23.2 Å². The van der Waals surface area contributed by atoms with Gasteiger partial charge < -0.3 is 10.2 Å². The van der Waals surface area contributed by atoms with Crippen molar-refractivity contribution in [1.82, 2.24) is 10.2 Å². The highest BCUT2D eigenvalue weighted by Gasteiger charge is 2.30. The first kappa shape index (κ1) is 31.9. The molecule has 0 aliphatic heterocycles. The molecule has 0 fully saturated rings. The van der Waals surface area contributed by atoms with Crippen molar-refractivity contribution in [3.05, 3.63) is 63.1 Å². The molecule has 2 aromatic rings. The van der Waals surface area contributed by atoms with Gasteiger partial charge in [-0.1, -0.05) is 55.2 Å². The fourth-order valence-corrected chi connectivity index (χ4v) is 5.67. The Kier molecular flexibility index (Phi) is 11.9. The number of nitrogens with zero attached hydrogens (tertiary/aromatic N) is 2. The molecule has 0 heterocycles. The first-order chi connectivity index (χ1) is 17.8. The Morgan fingerprint density at radius 3 is 2.32 bits per heavy atom. The van der Waals surface area contributed by atoms with Crippen molar-refractivity contribution < 1.29 is 18.0 Å². The maximum atomic E-state index is 13.6. The van der Waals surface area contributed by atoms with Gasteiger partial charge in [0.15, 0.2) is 0 Å². The summed E-state index contributed by atoms with van der Waals surface area (Å²) in [5.41, 5.74) is 3.13. The van der Waals surface area contributed by atoms with Crippen molar-refractivity contribution in [3.8, 4) is 0 Å². The lowest BCUT2D eigenvalue weighted by Gasteiger charge is -2.32. The van der Waals surface area contributed by atoms with Gasteiger partial charge in [0, 0.05) is 35.6 Å². The minimum Gasteiger partial charge on any atom is -0.352 e. The van der Waals surface area contributed by atoms with E-state index in [9.17, 15) is 18.0 Å². The van der Waals surface area contributed by atoms with Gasteiger partial charge in [-0.05, 0) is 74.9 Å². The maximum absolute atomic E-state index is 13.6. The molecule has 2 atom stereocenters. The zero-order valence-electron chi connectivity index (χ0n) is 23.1. The lowest BCUT2D eigenvalue weighted by atomic mass is 10.1. The van der Waals surface area contributed by atoms with Crippen molar-refractivity contribution in [2.75, 3.05) is 17.1 Å². The number of halogens is 2. The van der Waals surface area contributed by atoms with Crippen LogP contribution < -0.4 is 9.62 Å². The normalized spacial score (nSPS) is 13.1. The van der Waals surface area contributed by atoms with Crippen LogP contribution in [0, 0.1) is 13.8 Å². The first-order valence-corrected chi connectivity index (χ1v) is 15.5. The van der Waals surface area contributed by atoms with Gasteiger partial charge in [-0.3, -0.25) is 13.9 Å². The van der Waals surface area contributed by atoms with Gasteiger partial charge in [-0.15, -0.1) is 0 Å². The fraction of sp³-hybridized carbons (Fsp3) is 0.500. The highest BCUT2D eigenvalue weighted by atomic mass is 35.5. The number of rotatable bonds is 13. The minimum atomic E-state index is -3.57. The zero-order chi connectivity index (χ0) is 28.6. The van der Waals surface area contributed by atoms with E-state index >= 15 is 0 Å². The Balaban J connectivity index is 2.30. The molecular weight excluding hydrogens is 545 g/mol. The molecule has 0 spiro atoms. The molecule has 0 aliphatic rings. The lowest BCUT2D eigenvalue weighted by Crippen LogP contribution is -2.50. The predicted molar refractivity (Wildman–Crippen MR) is 156 cm³/mol. The summed E-state index contributed by atoms with van der Waals surface area (Å²) in [6.45, 7) is 9.84. The average molecular weight is 585 g/mol. The van der Waals surface area contributed by atoms with Gasteiger partial charge in [-0.2, -0.15) is 0 Å². The standard InChI is InChI=1S/C28H39Cl2N3O4S/c1-7-20(4)31-28(35)25(8-2)32(18-22-14-15-23(29)17-24(22)30)27(34)13-10-16-33(38(6,36)37)26-12-9-11-19(3)21(26)5/h9,11-12,14-15,17,20,25H,7-8,10,13,16,18H2,1-6H3,(H,31,35)/t20-,25-/m1/s1. The van der Waals surface area contributed by atoms with E-state index in [2.05, 4.69) is 5.32 Å². The van der Waals surface area contributed by atoms with Crippen LogP contribution in [0.2, 0.25) is 10.0 Å². The van der Waals surface area contributed by atoms with Crippen LogP contribution in [0.1, 0.15) is 63.1 Å². The fourth-order valence-electron chi connectivity index (χ4n) is 4.18. The van der Waals surface area contributed by atoms with Gasteiger partial charge in [0.1, 0.15) is 6.04 Å². The predicted octanol–water partition coefficient (Wildman–Crippen LogP) is 5.88. The summed E-state index contributed by atoms with van der Waals surface area (Å²) in [4.78, 5) is 28.3. The molecule has 0 saturated carbocycles. The summed E-state index contributed by atoms with van der Waals surface area (Å²) in [6, 6.07) is 9.83. The topological polar surface area (TPSA) is 86.8 Å². The van der Waals surface area contributed by atoms with Gasteiger partial charge in [0.2, 0.25) is 21.8 Å². The Labute approximate surface area is 237 Å². The third-order valence-electron chi connectivity index (χ3n) is 6.74. The van der Waals surface area contributed by atoms with E-state index in [1.54, 1.807) is 24.3 Å². The molecule has 0 saturated heterocycles. The largest absolute Gasteiger partial charge is 0.352 e. The van der Waals surface area contributed by atoms with E-state index in [1.807, 2.05) is 46.8 Å². The number of benzene rings is 2. The van der Waals surface area contributed by atoms with Crippen LogP contribution in [0.3, 0.4) is 0 Å². The lowest BCUT2D eigenvalue weighted by molar-refractivity contribution is -0.141. The number of aryl methyl sites for hydroxylation is 1. The monoisotopic (exact) mass is 583 g/mol. The molecule has 38 heavy (non-hydrogen) atoms. The number of amides is 2. The molecule has 0 aliphatic carbocycles. The molecule has 0 aromatic heterocycles. The number of anilines is 1. The summed E-state index contributed by atoms with van der Waals surface area (Å²) >= 11 is 12.5. The Morgan fingerprint density at radius 1 is 1.05 bits per heavy atom. The number of hydrogen-bond acceptors (Lipinski definition) is 4. The maximum Gasteiger partial charge on any atom is 0.243 e. The van der Waals surface area contributed by atoms with E-state index in [0.717, 1.165) is 23.8 Å². The summed E-state index contributed by atoms with van der Waals surface area (Å²) in [5.74, 6) is -0.481. The summed E-state index contributed by atoms with van der Waals surface area (Å²) in [6.07, 6.45) is 2.69. The minimum absolute atomic E-state index is 0.0338. The first-order valence-electron chi connectivity index (χ1n) is 12.9. The van der Waals surface area contributed by atoms with E-state index in [1.165, 1.54) is 9.21 Å². The van der Waals surface area contributed by atoms with Gasteiger partial charge >= 0.3 is 0 Å². The van der Waals surface area contributed by atoms with Crippen LogP contribution in [-0.2, 0) is 26.2 Å². The molecule has 7 nitrogen and oxygen atoms in total. The second-order valence-corrected chi connectivity index (χ2v) is 12.4. The van der Waals surface area contributed by atoms with E-state index < -0.39 is 16.1 Å². The van der Waals surface area contributed by atoms with Crippen molar-refractivity contribution in [2.24, 2.45) is 0 Å². The second-order valence-electron chi connectivity index (χ2n) is 9.66. The van der Waals surface area contributed by atoms with E-state index in [0.29, 0.717) is 27.7 Å². The van der Waals surface area contributed by atoms with Crippen LogP contribution in [0.5, 0.6) is 0 Å². The summed E-state index contributed by atoms with van der Waals surface area (Å²) in [5, 5.41) is 3.86. The molecule has 210 valence electrons.